The molecule has 16 heavy (non-hydrogen) atoms. The van der Waals surface area contributed by atoms with E-state index in [0.29, 0.717) is 0 Å². The van der Waals surface area contributed by atoms with Crippen LogP contribution in [0.15, 0.2) is 12.2 Å². The lowest BCUT2D eigenvalue weighted by atomic mass is 9.94. The quantitative estimate of drug-likeness (QED) is 0.675. The first-order chi connectivity index (χ1) is 7.41. The van der Waals surface area contributed by atoms with Crippen molar-refractivity contribution in [1.82, 2.24) is 4.90 Å². The van der Waals surface area contributed by atoms with Crippen LogP contribution < -0.4 is 0 Å². The van der Waals surface area contributed by atoms with Crippen LogP contribution in [0.3, 0.4) is 0 Å². The van der Waals surface area contributed by atoms with Gasteiger partial charge >= 0.3 is 0 Å². The summed E-state index contributed by atoms with van der Waals surface area (Å²) in [6, 6.07) is -0.415. The van der Waals surface area contributed by atoms with Crippen LogP contribution >= 0.6 is 0 Å². The molecule has 0 unspecified atom stereocenters. The molecule has 0 aliphatic rings. The summed E-state index contributed by atoms with van der Waals surface area (Å²) in [5.41, 5.74) is 0. The molecular weight excluding hydrogens is 202 g/mol. The molecule has 3 heteroatoms. The number of unbranched alkanes of at least 4 members (excludes halogenated alkanes) is 1. The summed E-state index contributed by atoms with van der Waals surface area (Å²) in [6.07, 6.45) is 5.54. The zero-order valence-electron chi connectivity index (χ0n) is 11.1. The normalized spacial score (nSPS) is 17.7. The Kier molecular flexibility index (Phi) is 7.26. The van der Waals surface area contributed by atoms with Crippen LogP contribution in [0, 0.1) is 5.92 Å². The van der Waals surface area contributed by atoms with Gasteiger partial charge in [-0.1, -0.05) is 32.4 Å². The fourth-order valence-electron chi connectivity index (χ4n) is 1.79. The Hall–Kier alpha value is -0.670. The van der Waals surface area contributed by atoms with Crippen LogP contribution in [0.25, 0.3) is 0 Å². The van der Waals surface area contributed by atoms with Gasteiger partial charge in [-0.3, -0.25) is 9.69 Å². The van der Waals surface area contributed by atoms with E-state index in [1.807, 2.05) is 27.1 Å². The minimum Gasteiger partial charge on any atom is -0.390 e. The molecule has 0 bridgehead atoms. The summed E-state index contributed by atoms with van der Waals surface area (Å²) in [5.74, 6) is 0.0103. The summed E-state index contributed by atoms with van der Waals surface area (Å²) in [6.45, 7) is 5.58. The highest BCUT2D eigenvalue weighted by molar-refractivity contribution is 5.82. The van der Waals surface area contributed by atoms with Crippen molar-refractivity contribution < 1.29 is 9.90 Å². The van der Waals surface area contributed by atoms with Crippen molar-refractivity contribution in [3.8, 4) is 0 Å². The van der Waals surface area contributed by atoms with Gasteiger partial charge in [0.05, 0.1) is 12.1 Å². The molecule has 94 valence electrons. The molecule has 0 heterocycles. The Labute approximate surface area is 99.1 Å². The highest BCUT2D eigenvalue weighted by Crippen LogP contribution is 2.14. The number of carbonyl (C=O) groups excluding carboxylic acids is 1. The molecular formula is C13H25NO2. The predicted molar refractivity (Wildman–Crippen MR) is 67.4 cm³/mol. The van der Waals surface area contributed by atoms with E-state index in [0.717, 1.165) is 12.8 Å². The van der Waals surface area contributed by atoms with E-state index >= 15 is 0 Å². The molecule has 3 atom stereocenters. The monoisotopic (exact) mass is 227 g/mol. The molecule has 0 amide bonds. The molecule has 0 fully saturated rings. The smallest absolute Gasteiger partial charge is 0.149 e. The zero-order chi connectivity index (χ0) is 12.7. The summed E-state index contributed by atoms with van der Waals surface area (Å²) >= 11 is 0. The predicted octanol–water partition coefficient (Wildman–Crippen LogP) is 1.86. The van der Waals surface area contributed by atoms with Gasteiger partial charge in [0.2, 0.25) is 0 Å². The third-order valence-corrected chi connectivity index (χ3v) is 2.73. The summed E-state index contributed by atoms with van der Waals surface area (Å²) in [4.78, 5) is 13.2. The van der Waals surface area contributed by atoms with Crippen molar-refractivity contribution in [3.05, 3.63) is 12.2 Å². The van der Waals surface area contributed by atoms with Gasteiger partial charge in [0.15, 0.2) is 0 Å². The van der Waals surface area contributed by atoms with Crippen molar-refractivity contribution in [2.75, 3.05) is 14.1 Å². The number of ketones is 1. The molecule has 0 saturated carbocycles. The first-order valence-corrected chi connectivity index (χ1v) is 5.93. The number of Topliss-reactive ketones (excluding diaryl/α,β-unsaturated/α-hetero) is 1. The zero-order valence-corrected chi connectivity index (χ0v) is 11.1. The van der Waals surface area contributed by atoms with Crippen LogP contribution in [0.2, 0.25) is 0 Å². The summed E-state index contributed by atoms with van der Waals surface area (Å²) in [7, 11) is 3.63. The largest absolute Gasteiger partial charge is 0.390 e. The first kappa shape index (κ1) is 15.3. The Morgan fingerprint density at radius 1 is 1.44 bits per heavy atom. The second-order valence-electron chi connectivity index (χ2n) is 4.59. The molecule has 0 saturated heterocycles. The van der Waals surface area contributed by atoms with Gasteiger partial charge in [-0.15, -0.1) is 0 Å². The Morgan fingerprint density at radius 2 is 2.00 bits per heavy atom. The van der Waals surface area contributed by atoms with E-state index in [2.05, 4.69) is 13.0 Å². The number of likely N-dealkylation sites (N-methyl/N-ethyl adjacent to an activating group) is 1. The molecule has 1 N–H and O–H groups in total. The molecule has 0 aromatic rings. The lowest BCUT2D eigenvalue weighted by Gasteiger charge is -2.29. The lowest BCUT2D eigenvalue weighted by Crippen LogP contribution is -2.46. The molecule has 0 spiro atoms. The number of allylic oxidation sites excluding steroid dienone is 1. The first-order valence-electron chi connectivity index (χ1n) is 5.93. The van der Waals surface area contributed by atoms with Gasteiger partial charge in [-0.25, -0.2) is 0 Å². The Bertz CT molecular complexity index is 236. The van der Waals surface area contributed by atoms with Crippen molar-refractivity contribution >= 4 is 5.78 Å². The second kappa shape index (κ2) is 7.58. The van der Waals surface area contributed by atoms with Gasteiger partial charge < -0.3 is 5.11 Å². The van der Waals surface area contributed by atoms with E-state index in [4.69, 9.17) is 0 Å². The van der Waals surface area contributed by atoms with E-state index in [-0.39, 0.29) is 11.7 Å². The van der Waals surface area contributed by atoms with E-state index in [9.17, 15) is 9.90 Å². The third kappa shape index (κ3) is 4.90. The average Bonchev–Trinajstić information content (AvgIpc) is 2.16. The van der Waals surface area contributed by atoms with Crippen LogP contribution in [0.5, 0.6) is 0 Å². The topological polar surface area (TPSA) is 40.5 Å². The van der Waals surface area contributed by atoms with Gasteiger partial charge in [-0.2, -0.15) is 0 Å². The van der Waals surface area contributed by atoms with E-state index < -0.39 is 12.1 Å². The number of hydrogen-bond acceptors (Lipinski definition) is 3. The molecule has 3 nitrogen and oxygen atoms in total. The van der Waals surface area contributed by atoms with Crippen LogP contribution in [0.4, 0.5) is 0 Å². The third-order valence-electron chi connectivity index (χ3n) is 2.73. The molecule has 0 radical (unpaired) electrons. The molecule has 0 aromatic carbocycles. The lowest BCUT2D eigenvalue weighted by molar-refractivity contribution is -0.125. The summed E-state index contributed by atoms with van der Waals surface area (Å²) in [5, 5.41) is 10.1. The second-order valence-corrected chi connectivity index (χ2v) is 4.59. The van der Waals surface area contributed by atoms with Gasteiger partial charge in [0, 0.05) is 5.92 Å². The maximum Gasteiger partial charge on any atom is 0.149 e. The number of carbonyl (C=O) groups is 1. The fraction of sp³-hybridized carbons (Fsp3) is 0.769. The minimum atomic E-state index is -0.638. The highest BCUT2D eigenvalue weighted by Gasteiger charge is 2.28. The average molecular weight is 227 g/mol. The maximum atomic E-state index is 11.4. The van der Waals surface area contributed by atoms with E-state index in [1.54, 1.807) is 4.90 Å². The van der Waals surface area contributed by atoms with Crippen LogP contribution in [-0.2, 0) is 4.79 Å². The van der Waals surface area contributed by atoms with Gasteiger partial charge in [0.1, 0.15) is 5.78 Å². The molecule has 0 aliphatic carbocycles. The SMILES string of the molecule is CCC/C=C\[C@@H](C)[C@@H](O)[C@@H](C(C)=O)N(C)C. The number of hydrogen-bond donors (Lipinski definition) is 1. The summed E-state index contributed by atoms with van der Waals surface area (Å²) < 4.78 is 0. The Balaban J connectivity index is 4.49. The van der Waals surface area contributed by atoms with Crippen molar-refractivity contribution in [2.45, 2.75) is 45.8 Å². The number of nitrogens with zero attached hydrogens (tertiary/aromatic N) is 1. The number of rotatable bonds is 7. The van der Waals surface area contributed by atoms with Gasteiger partial charge in [-0.05, 0) is 27.4 Å². The standard InChI is InChI=1S/C13H25NO2/c1-6-7-8-9-10(2)13(16)12(11(3)15)14(4)5/h8-10,12-13,16H,6-7H2,1-5H3/b9-8-/t10-,12-,13-/m1/s1. The Morgan fingerprint density at radius 3 is 2.38 bits per heavy atom. The molecule has 0 aliphatic heterocycles. The molecule has 0 aromatic heterocycles. The van der Waals surface area contributed by atoms with Crippen molar-refractivity contribution in [2.24, 2.45) is 5.92 Å². The van der Waals surface area contributed by atoms with E-state index in [1.165, 1.54) is 6.92 Å². The van der Waals surface area contributed by atoms with Crippen LogP contribution in [-0.4, -0.2) is 42.0 Å². The molecule has 0 rings (SSSR count). The van der Waals surface area contributed by atoms with Crippen LogP contribution in [0.1, 0.15) is 33.6 Å². The minimum absolute atomic E-state index is 0.00264. The highest BCUT2D eigenvalue weighted by atomic mass is 16.3. The van der Waals surface area contributed by atoms with Gasteiger partial charge in [0.25, 0.3) is 0 Å². The maximum absolute atomic E-state index is 11.4. The van der Waals surface area contributed by atoms with Crippen molar-refractivity contribution in [1.29, 1.82) is 0 Å². The number of aliphatic hydroxyl groups excluding tert-OH is 1. The van der Waals surface area contributed by atoms with Crippen molar-refractivity contribution in [3.63, 3.8) is 0 Å². The number of aliphatic hydroxyl groups is 1. The fourth-order valence-corrected chi connectivity index (χ4v) is 1.79.